The summed E-state index contributed by atoms with van der Waals surface area (Å²) in [4.78, 5) is 33.0. The Morgan fingerprint density at radius 3 is 2.68 bits per heavy atom. The number of fused-ring (bicyclic) bond motifs is 1. The SMILES string of the molecule is C=CCNC(=O)c1nc(C(=O)NCc2ccncc2)c2ccccn12. The summed E-state index contributed by atoms with van der Waals surface area (Å²) in [6.07, 6.45) is 6.60. The van der Waals surface area contributed by atoms with E-state index in [0.29, 0.717) is 18.6 Å². The first-order chi connectivity index (χ1) is 12.2. The molecule has 3 heterocycles. The maximum Gasteiger partial charge on any atom is 0.287 e. The van der Waals surface area contributed by atoms with Gasteiger partial charge >= 0.3 is 0 Å². The van der Waals surface area contributed by atoms with Gasteiger partial charge in [0.25, 0.3) is 11.8 Å². The van der Waals surface area contributed by atoms with E-state index >= 15 is 0 Å². The van der Waals surface area contributed by atoms with E-state index in [9.17, 15) is 9.59 Å². The lowest BCUT2D eigenvalue weighted by molar-refractivity contribution is 0.0946. The summed E-state index contributed by atoms with van der Waals surface area (Å²) < 4.78 is 1.60. The van der Waals surface area contributed by atoms with Crippen molar-refractivity contribution < 1.29 is 9.59 Å². The number of hydrogen-bond acceptors (Lipinski definition) is 4. The van der Waals surface area contributed by atoms with Gasteiger partial charge in [0.05, 0.1) is 5.52 Å². The molecule has 0 unspecified atom stereocenters. The number of nitrogens with one attached hydrogen (secondary N) is 2. The molecule has 7 nitrogen and oxygen atoms in total. The summed E-state index contributed by atoms with van der Waals surface area (Å²) in [5, 5.41) is 5.48. The van der Waals surface area contributed by atoms with Gasteiger partial charge in [0, 0.05) is 31.7 Å². The van der Waals surface area contributed by atoms with Crippen LogP contribution in [0.25, 0.3) is 5.52 Å². The molecule has 0 fully saturated rings. The van der Waals surface area contributed by atoms with E-state index in [1.54, 1.807) is 47.3 Å². The van der Waals surface area contributed by atoms with Gasteiger partial charge in [0.15, 0.2) is 5.69 Å². The molecule has 0 atom stereocenters. The van der Waals surface area contributed by atoms with Crippen molar-refractivity contribution in [3.05, 3.63) is 78.7 Å². The van der Waals surface area contributed by atoms with Gasteiger partial charge in [-0.2, -0.15) is 0 Å². The third-order valence-corrected chi connectivity index (χ3v) is 3.58. The summed E-state index contributed by atoms with van der Waals surface area (Å²) in [5.74, 6) is -0.552. The Morgan fingerprint density at radius 1 is 1.12 bits per heavy atom. The molecule has 0 radical (unpaired) electrons. The van der Waals surface area contributed by atoms with Gasteiger partial charge in [-0.15, -0.1) is 6.58 Å². The summed E-state index contributed by atoms with van der Waals surface area (Å²) >= 11 is 0. The Hall–Kier alpha value is -3.48. The third kappa shape index (κ3) is 3.55. The summed E-state index contributed by atoms with van der Waals surface area (Å²) in [5.41, 5.74) is 1.70. The van der Waals surface area contributed by atoms with Gasteiger partial charge in [0.2, 0.25) is 5.82 Å². The van der Waals surface area contributed by atoms with E-state index in [2.05, 4.69) is 27.2 Å². The second-order valence-electron chi connectivity index (χ2n) is 5.28. The van der Waals surface area contributed by atoms with E-state index in [-0.39, 0.29) is 23.3 Å². The fourth-order valence-electron chi connectivity index (χ4n) is 2.38. The van der Waals surface area contributed by atoms with Crippen molar-refractivity contribution in [2.75, 3.05) is 6.54 Å². The van der Waals surface area contributed by atoms with Gasteiger partial charge in [0.1, 0.15) is 0 Å². The lowest BCUT2D eigenvalue weighted by atomic mass is 10.2. The first-order valence-electron chi connectivity index (χ1n) is 7.74. The molecule has 0 saturated carbocycles. The van der Waals surface area contributed by atoms with Gasteiger partial charge in [-0.3, -0.25) is 19.0 Å². The normalized spacial score (nSPS) is 10.4. The van der Waals surface area contributed by atoms with Gasteiger partial charge < -0.3 is 10.6 Å². The minimum absolute atomic E-state index is 0.159. The van der Waals surface area contributed by atoms with Crippen LogP contribution in [0.5, 0.6) is 0 Å². The van der Waals surface area contributed by atoms with Crippen LogP contribution in [0.4, 0.5) is 0 Å². The molecule has 2 N–H and O–H groups in total. The minimum Gasteiger partial charge on any atom is -0.347 e. The maximum atomic E-state index is 12.5. The molecule has 0 aliphatic carbocycles. The fraction of sp³-hybridized carbons (Fsp3) is 0.111. The van der Waals surface area contributed by atoms with Crippen molar-refractivity contribution in [3.63, 3.8) is 0 Å². The lowest BCUT2D eigenvalue weighted by Gasteiger charge is -2.03. The monoisotopic (exact) mass is 335 g/mol. The number of hydrogen-bond donors (Lipinski definition) is 2. The number of nitrogens with zero attached hydrogens (tertiary/aromatic N) is 3. The van der Waals surface area contributed by atoms with Gasteiger partial charge in [-0.1, -0.05) is 12.1 Å². The maximum absolute atomic E-state index is 12.5. The van der Waals surface area contributed by atoms with Crippen LogP contribution in [0.3, 0.4) is 0 Å². The van der Waals surface area contributed by atoms with E-state index in [1.807, 2.05) is 12.1 Å². The Kier molecular flexibility index (Phi) is 4.84. The van der Waals surface area contributed by atoms with E-state index in [0.717, 1.165) is 5.56 Å². The molecule has 2 amide bonds. The van der Waals surface area contributed by atoms with Crippen LogP contribution in [0.1, 0.15) is 26.7 Å². The molecule has 3 rings (SSSR count). The average molecular weight is 335 g/mol. The molecule has 0 aromatic carbocycles. The molecule has 25 heavy (non-hydrogen) atoms. The predicted molar refractivity (Wildman–Crippen MR) is 93.1 cm³/mol. The Bertz CT molecular complexity index is 918. The van der Waals surface area contributed by atoms with Crippen LogP contribution in [0.15, 0.2) is 61.6 Å². The van der Waals surface area contributed by atoms with Crippen molar-refractivity contribution in [1.29, 1.82) is 0 Å². The first kappa shape index (κ1) is 16.4. The highest BCUT2D eigenvalue weighted by Gasteiger charge is 2.20. The average Bonchev–Trinajstić information content (AvgIpc) is 3.05. The lowest BCUT2D eigenvalue weighted by Crippen LogP contribution is -2.26. The Morgan fingerprint density at radius 2 is 1.92 bits per heavy atom. The molecule has 0 aliphatic rings. The number of carbonyl (C=O) groups excluding carboxylic acids is 2. The molecule has 0 saturated heterocycles. The smallest absolute Gasteiger partial charge is 0.287 e. The highest BCUT2D eigenvalue weighted by atomic mass is 16.2. The van der Waals surface area contributed by atoms with Crippen molar-refractivity contribution in [2.45, 2.75) is 6.54 Å². The van der Waals surface area contributed by atoms with Gasteiger partial charge in [-0.25, -0.2) is 4.98 Å². The number of carbonyl (C=O) groups is 2. The van der Waals surface area contributed by atoms with E-state index in [1.165, 1.54) is 0 Å². The topological polar surface area (TPSA) is 88.4 Å². The van der Waals surface area contributed by atoms with Crippen molar-refractivity contribution in [2.24, 2.45) is 0 Å². The second kappa shape index (κ2) is 7.39. The molecule has 3 aromatic rings. The molecular weight excluding hydrogens is 318 g/mol. The minimum atomic E-state index is -0.366. The van der Waals surface area contributed by atoms with Crippen molar-refractivity contribution in [3.8, 4) is 0 Å². The molecule has 7 heteroatoms. The van der Waals surface area contributed by atoms with Crippen LogP contribution >= 0.6 is 0 Å². The van der Waals surface area contributed by atoms with Crippen molar-refractivity contribution in [1.82, 2.24) is 25.0 Å². The Labute approximate surface area is 144 Å². The number of aromatic nitrogens is 3. The molecule has 126 valence electrons. The first-order valence-corrected chi connectivity index (χ1v) is 7.74. The zero-order valence-electron chi connectivity index (χ0n) is 13.5. The molecule has 0 aliphatic heterocycles. The standard InChI is InChI=1S/C18H17N5O2/c1-2-8-20-18(25)16-22-15(14-5-3-4-11-23(14)16)17(24)21-12-13-6-9-19-10-7-13/h2-7,9-11H,1,8,12H2,(H,20,25)(H,21,24). The van der Waals surface area contributed by atoms with Crippen LogP contribution in [0, 0.1) is 0 Å². The third-order valence-electron chi connectivity index (χ3n) is 3.58. The number of pyridine rings is 2. The largest absolute Gasteiger partial charge is 0.347 e. The molecular formula is C18H17N5O2. The summed E-state index contributed by atoms with van der Waals surface area (Å²) in [6.45, 7) is 4.24. The highest BCUT2D eigenvalue weighted by Crippen LogP contribution is 2.13. The van der Waals surface area contributed by atoms with Crippen LogP contribution in [-0.4, -0.2) is 32.7 Å². The van der Waals surface area contributed by atoms with Gasteiger partial charge in [-0.05, 0) is 29.8 Å². The van der Waals surface area contributed by atoms with Crippen LogP contribution < -0.4 is 10.6 Å². The van der Waals surface area contributed by atoms with Crippen LogP contribution in [-0.2, 0) is 6.54 Å². The zero-order chi connectivity index (χ0) is 17.6. The van der Waals surface area contributed by atoms with Crippen LogP contribution in [0.2, 0.25) is 0 Å². The second-order valence-corrected chi connectivity index (χ2v) is 5.28. The number of rotatable bonds is 6. The fourth-order valence-corrected chi connectivity index (χ4v) is 2.38. The highest BCUT2D eigenvalue weighted by molar-refractivity contribution is 6.02. The Balaban J connectivity index is 1.86. The summed E-state index contributed by atoms with van der Waals surface area (Å²) in [6, 6.07) is 8.96. The number of imidazole rings is 1. The zero-order valence-corrected chi connectivity index (χ0v) is 13.5. The quantitative estimate of drug-likeness (QED) is 0.669. The molecule has 0 spiro atoms. The molecule has 3 aromatic heterocycles. The molecule has 0 bridgehead atoms. The number of amides is 2. The van der Waals surface area contributed by atoms with E-state index in [4.69, 9.17) is 0 Å². The summed E-state index contributed by atoms with van der Waals surface area (Å²) in [7, 11) is 0. The van der Waals surface area contributed by atoms with Crippen molar-refractivity contribution >= 4 is 17.3 Å². The van der Waals surface area contributed by atoms with E-state index < -0.39 is 0 Å². The predicted octanol–water partition coefficient (Wildman–Crippen LogP) is 1.58.